The highest BCUT2D eigenvalue weighted by atomic mass is 32.1. The van der Waals surface area contributed by atoms with E-state index in [0.717, 1.165) is 4.90 Å². The number of aliphatic carboxylic acids is 1. The van der Waals surface area contributed by atoms with Crippen LogP contribution in [0.2, 0.25) is 0 Å². The summed E-state index contributed by atoms with van der Waals surface area (Å²) < 4.78 is 0. The number of likely N-dealkylation sites (tertiary alicyclic amines) is 2. The van der Waals surface area contributed by atoms with Crippen molar-refractivity contribution < 1.29 is 68.1 Å². The smallest absolute Gasteiger partial charge is 0.326 e. The average Bonchev–Trinajstić information content (AvgIpc) is 1.67. The summed E-state index contributed by atoms with van der Waals surface area (Å²) in [5.74, 6) is -9.80. The first-order valence-corrected chi connectivity index (χ1v) is 34.1. The van der Waals surface area contributed by atoms with Gasteiger partial charge in [-0.3, -0.25) is 57.9 Å². The maximum absolute atomic E-state index is 14.7. The number of benzene rings is 1. The fourth-order valence-electron chi connectivity index (χ4n) is 11.0. The molecule has 1 aromatic carbocycles. The molecule has 10 amide bonds. The Hall–Kier alpha value is -8.87. The summed E-state index contributed by atoms with van der Waals surface area (Å²) in [5, 5.41) is 55.8. The van der Waals surface area contributed by atoms with Gasteiger partial charge in [0.1, 0.15) is 54.4 Å². The monoisotopic (exact) mass is 1390 g/mol. The Labute approximate surface area is 570 Å². The summed E-state index contributed by atoms with van der Waals surface area (Å²) in [5.41, 5.74) is 39.9. The van der Waals surface area contributed by atoms with Gasteiger partial charge < -0.3 is 108 Å². The van der Waals surface area contributed by atoms with Gasteiger partial charge in [-0.1, -0.05) is 48.9 Å². The van der Waals surface area contributed by atoms with E-state index in [4.69, 9.17) is 40.1 Å². The highest BCUT2D eigenvalue weighted by Crippen LogP contribution is 2.27. The fourth-order valence-corrected chi connectivity index (χ4v) is 12.5. The number of carboxylic acids is 1. The maximum Gasteiger partial charge on any atom is 0.326 e. The van der Waals surface area contributed by atoms with Crippen molar-refractivity contribution in [1.82, 2.24) is 52.3 Å². The predicted octanol–water partition coefficient (Wildman–Crippen LogP) is -4.93. The number of aliphatic hydroxyl groups excluding tert-OH is 2. The Morgan fingerprint density at radius 3 is 1.60 bits per heavy atom. The number of aliphatic imine (C=N–C) groups is 2. The van der Waals surface area contributed by atoms with Crippen LogP contribution in [0.1, 0.15) is 98.8 Å². The minimum absolute atomic E-state index is 0.0361. The van der Waals surface area contributed by atoms with Crippen LogP contribution in [0, 0.1) is 0 Å². The molecular formula is C62H95N19O14S2. The second kappa shape index (κ2) is 41.3. The average molecular weight is 1390 g/mol. The minimum Gasteiger partial charge on any atom is -0.480 e. The van der Waals surface area contributed by atoms with E-state index in [9.17, 15) is 68.1 Å². The molecule has 2 aliphatic rings. The number of carbonyl (C=O) groups excluding carboxylic acids is 10. The number of nitrogens with one attached hydrogen (secondary N) is 8. The van der Waals surface area contributed by atoms with Crippen LogP contribution in [0.5, 0.6) is 0 Å². The molecule has 0 spiro atoms. The van der Waals surface area contributed by atoms with Crippen molar-refractivity contribution in [3.63, 3.8) is 0 Å². The van der Waals surface area contributed by atoms with E-state index in [0.29, 0.717) is 66.9 Å². The number of rotatable bonds is 42. The molecule has 35 heteroatoms. The van der Waals surface area contributed by atoms with Crippen LogP contribution < -0.4 is 82.7 Å². The highest BCUT2D eigenvalue weighted by molar-refractivity contribution is 7.10. The summed E-state index contributed by atoms with van der Waals surface area (Å²) in [4.78, 5) is 165. The molecule has 2 fully saturated rings. The third kappa shape index (κ3) is 26.6. The Morgan fingerprint density at radius 2 is 1.05 bits per heavy atom. The number of carboxylic acid groups (broad SMARTS) is 1. The van der Waals surface area contributed by atoms with Gasteiger partial charge in [0.05, 0.1) is 25.3 Å². The van der Waals surface area contributed by atoms with E-state index < -0.39 is 145 Å². The van der Waals surface area contributed by atoms with Crippen molar-refractivity contribution in [2.75, 3.05) is 52.4 Å². The zero-order chi connectivity index (χ0) is 71.0. The van der Waals surface area contributed by atoms with Crippen LogP contribution in [0.3, 0.4) is 0 Å². The molecule has 11 atom stereocenters. The zero-order valence-corrected chi connectivity index (χ0v) is 55.8. The van der Waals surface area contributed by atoms with Crippen LogP contribution in [-0.2, 0) is 72.0 Å². The molecule has 4 heterocycles. The largest absolute Gasteiger partial charge is 0.480 e. The fraction of sp³-hybridized carbons (Fsp3) is 0.565. The Bertz CT molecular complexity index is 3120. The molecule has 2 aromatic heterocycles. The third-order valence-electron chi connectivity index (χ3n) is 16.1. The highest BCUT2D eigenvalue weighted by Gasteiger charge is 2.46. The summed E-state index contributed by atoms with van der Waals surface area (Å²) in [6, 6.07) is 2.10. The lowest BCUT2D eigenvalue weighted by Crippen LogP contribution is -2.60. The molecule has 2 saturated heterocycles. The van der Waals surface area contributed by atoms with Gasteiger partial charge in [0.2, 0.25) is 59.1 Å². The lowest BCUT2D eigenvalue weighted by Gasteiger charge is -2.33. The predicted molar refractivity (Wildman–Crippen MR) is 362 cm³/mol. The number of nitrogens with zero attached hydrogens (tertiary/aromatic N) is 4. The van der Waals surface area contributed by atoms with E-state index >= 15 is 0 Å². The van der Waals surface area contributed by atoms with Gasteiger partial charge in [-0.2, -0.15) is 0 Å². The van der Waals surface area contributed by atoms with Gasteiger partial charge in [-0.15, -0.1) is 22.7 Å². The molecule has 97 heavy (non-hydrogen) atoms. The number of aliphatic hydroxyl groups is 2. The first-order chi connectivity index (χ1) is 46.4. The van der Waals surface area contributed by atoms with E-state index in [-0.39, 0.29) is 102 Å². The van der Waals surface area contributed by atoms with Crippen molar-refractivity contribution in [3.05, 3.63) is 80.7 Å². The molecule has 534 valence electrons. The van der Waals surface area contributed by atoms with Crippen LogP contribution >= 0.6 is 22.7 Å². The third-order valence-corrected chi connectivity index (χ3v) is 17.9. The topological polar surface area (TPSA) is 558 Å². The minimum atomic E-state index is -1.73. The molecule has 5 rings (SSSR count). The van der Waals surface area contributed by atoms with E-state index in [1.54, 1.807) is 65.4 Å². The number of nitrogens with two attached hydrogens (primary N) is 7. The SMILES string of the molecule is NCCCCC(N)C(=O)NC(CCCCN)C(=O)NC(CCCN=C(N)N)C(=O)N1CC(O)CC1C(=O)N1CCCC1C(=O)NCC(=O)NC(Cc1cccs1)C(=O)NC(CO)C(=O)NC(Cc1ccccc1)C(=O)NC(Cc1cccs1)C(=O)NC(CCCN=C(N)N)C(=O)O. The molecule has 0 bridgehead atoms. The van der Waals surface area contributed by atoms with Crippen LogP contribution in [0.25, 0.3) is 0 Å². The van der Waals surface area contributed by atoms with Gasteiger partial charge >= 0.3 is 5.97 Å². The van der Waals surface area contributed by atoms with Crippen LogP contribution in [0.15, 0.2) is 75.3 Å². The Balaban J connectivity index is 1.27. The lowest BCUT2D eigenvalue weighted by atomic mass is 10.0. The molecule has 33 nitrogen and oxygen atoms in total. The van der Waals surface area contributed by atoms with Crippen molar-refractivity contribution >= 4 is 99.6 Å². The second-order valence-corrected chi connectivity index (χ2v) is 25.7. The summed E-state index contributed by atoms with van der Waals surface area (Å²) >= 11 is 2.53. The van der Waals surface area contributed by atoms with E-state index in [1.165, 1.54) is 27.6 Å². The Morgan fingerprint density at radius 1 is 0.557 bits per heavy atom. The molecular weight excluding hydrogens is 1300 g/mol. The molecule has 0 saturated carbocycles. The molecule has 0 aliphatic carbocycles. The summed E-state index contributed by atoms with van der Waals surface area (Å²) in [7, 11) is 0. The molecule has 3 aromatic rings. The Kier molecular flexibility index (Phi) is 33.5. The van der Waals surface area contributed by atoms with Gasteiger partial charge in [0.25, 0.3) is 0 Å². The van der Waals surface area contributed by atoms with Crippen molar-refractivity contribution in [3.8, 4) is 0 Å². The van der Waals surface area contributed by atoms with Crippen molar-refractivity contribution in [1.29, 1.82) is 0 Å². The summed E-state index contributed by atoms with van der Waals surface area (Å²) in [6.45, 7) is -1.09. The van der Waals surface area contributed by atoms with Crippen molar-refractivity contribution in [2.45, 2.75) is 169 Å². The zero-order valence-electron chi connectivity index (χ0n) is 54.2. The number of β-amino-alcohol motifs (C(OH)–C–C–N with tert-alkyl or cyclic N) is 1. The number of hydrogen-bond acceptors (Lipinski definition) is 20. The molecule has 11 unspecified atom stereocenters. The maximum atomic E-state index is 14.7. The lowest BCUT2D eigenvalue weighted by molar-refractivity contribution is -0.148. The first kappa shape index (κ1) is 78.8. The quantitative estimate of drug-likeness (QED) is 0.0144. The standard InChI is InChI=1S/C62H95N19O14S2/c63-22-6-4-17-40(65)51(85)74-41(18-5-7-23-64)52(86)75-42(19-8-24-70-61(66)67)58(92)81-34-37(83)30-49(81)59(93)80-26-10-21-48(80)57(91)72-33-50(84)73-45(31-38-15-11-27-96-38)54(88)79-47(35-82)56(90)77-44(29-36-13-2-1-3-14-36)53(87)78-46(32-39-16-12-28-97-39)55(89)76-43(60(94)95)20-9-25-71-62(68)69/h1-3,11-16,27-28,37,40-49,82-83H,4-10,17-26,29-35,63-65H2,(H,72,91)(H,73,84)(H,74,85)(H,75,86)(H,76,89)(H,77,90)(H,78,87)(H,79,88)(H,94,95)(H4,66,67,70)(H4,68,69,71). The van der Waals surface area contributed by atoms with Gasteiger partial charge in [-0.25, -0.2) is 4.79 Å². The van der Waals surface area contributed by atoms with Gasteiger partial charge in [-0.05, 0) is 112 Å². The van der Waals surface area contributed by atoms with Gasteiger partial charge in [0.15, 0.2) is 11.9 Å². The summed E-state index contributed by atoms with van der Waals surface area (Å²) in [6.07, 6.45) is 1.64. The first-order valence-electron chi connectivity index (χ1n) is 32.3. The number of thiophene rings is 2. The molecule has 2 aliphatic heterocycles. The van der Waals surface area contributed by atoms with Crippen molar-refractivity contribution in [2.24, 2.45) is 50.1 Å². The second-order valence-electron chi connectivity index (χ2n) is 23.6. The van der Waals surface area contributed by atoms with Crippen LogP contribution in [0.4, 0.5) is 0 Å². The number of unbranched alkanes of at least 4 members (excludes halogenated alkanes) is 2. The number of hydrogen-bond donors (Lipinski definition) is 18. The van der Waals surface area contributed by atoms with E-state index in [1.807, 2.05) is 0 Å². The molecule has 25 N–H and O–H groups in total. The number of amides is 10. The number of guanidine groups is 2. The van der Waals surface area contributed by atoms with Crippen LogP contribution in [-0.4, -0.2) is 221 Å². The number of carbonyl (C=O) groups is 11. The van der Waals surface area contributed by atoms with Gasteiger partial charge in [0, 0.05) is 61.6 Å². The van der Waals surface area contributed by atoms with E-state index in [2.05, 4.69) is 52.5 Å². The molecule has 0 radical (unpaired) electrons. The normalized spacial score (nSPS) is 17.5.